The van der Waals surface area contributed by atoms with Crippen LogP contribution in [0.4, 0.5) is 0 Å². The van der Waals surface area contributed by atoms with Gasteiger partial charge >= 0.3 is 0 Å². The fourth-order valence-electron chi connectivity index (χ4n) is 2.52. The van der Waals surface area contributed by atoms with Gasteiger partial charge < -0.3 is 14.4 Å². The molecule has 1 aromatic rings. The first-order valence-electron chi connectivity index (χ1n) is 7.82. The highest BCUT2D eigenvalue weighted by Crippen LogP contribution is 2.36. The van der Waals surface area contributed by atoms with Crippen LogP contribution >= 0.6 is 15.9 Å². The summed E-state index contributed by atoms with van der Waals surface area (Å²) in [6.07, 6.45) is 2.08. The molecule has 0 aliphatic carbocycles. The van der Waals surface area contributed by atoms with Crippen LogP contribution in [0.5, 0.6) is 11.5 Å². The molecule has 2 rings (SSSR count). The lowest BCUT2D eigenvalue weighted by atomic mass is 9.99. The fraction of sp³-hybridized carbons (Fsp3) is 0.529. The average molecular weight is 381 g/mol. The minimum absolute atomic E-state index is 0.0180. The zero-order valence-electron chi connectivity index (χ0n) is 13.5. The van der Waals surface area contributed by atoms with Crippen LogP contribution in [0.1, 0.15) is 32.3 Å². The van der Waals surface area contributed by atoms with Crippen molar-refractivity contribution in [1.29, 1.82) is 5.26 Å². The van der Waals surface area contributed by atoms with Gasteiger partial charge in [-0.15, -0.1) is 0 Å². The Kier molecular flexibility index (Phi) is 6.28. The Morgan fingerprint density at radius 3 is 2.70 bits per heavy atom. The van der Waals surface area contributed by atoms with E-state index in [1.54, 1.807) is 12.1 Å². The Hall–Kier alpha value is -1.74. The predicted octanol–water partition coefficient (Wildman–Crippen LogP) is 3.36. The maximum Gasteiger partial charge on any atom is 0.260 e. The van der Waals surface area contributed by atoms with Gasteiger partial charge in [0.25, 0.3) is 5.91 Å². The number of likely N-dealkylation sites (tertiary alicyclic amines) is 1. The number of amides is 1. The Balaban J connectivity index is 2.04. The van der Waals surface area contributed by atoms with Gasteiger partial charge in [-0.1, -0.05) is 6.92 Å². The van der Waals surface area contributed by atoms with Crippen LogP contribution in [0, 0.1) is 17.2 Å². The second-order valence-electron chi connectivity index (χ2n) is 5.68. The third-order valence-corrected chi connectivity index (χ3v) is 4.50. The molecule has 1 aliphatic rings. The summed E-state index contributed by atoms with van der Waals surface area (Å²) in [5.74, 6) is 1.59. The lowest BCUT2D eigenvalue weighted by molar-refractivity contribution is -0.134. The molecule has 124 valence electrons. The third-order valence-electron chi connectivity index (χ3n) is 3.91. The molecule has 1 heterocycles. The lowest BCUT2D eigenvalue weighted by Crippen LogP contribution is -2.40. The van der Waals surface area contributed by atoms with Crippen molar-refractivity contribution in [3.8, 4) is 17.6 Å². The SMILES string of the molecule is CCOc1cc(C#N)cc(Br)c1OCC(=O)N1CCC(C)CC1. The summed E-state index contributed by atoms with van der Waals surface area (Å²) in [7, 11) is 0. The van der Waals surface area contributed by atoms with Gasteiger partial charge in [0.15, 0.2) is 18.1 Å². The second-order valence-corrected chi connectivity index (χ2v) is 6.54. The van der Waals surface area contributed by atoms with Crippen molar-refractivity contribution in [1.82, 2.24) is 4.90 Å². The number of hydrogen-bond acceptors (Lipinski definition) is 4. The van der Waals surface area contributed by atoms with Crippen molar-refractivity contribution in [3.63, 3.8) is 0 Å². The van der Waals surface area contributed by atoms with Crippen LogP contribution in [0.2, 0.25) is 0 Å². The zero-order valence-corrected chi connectivity index (χ0v) is 15.1. The van der Waals surface area contributed by atoms with E-state index in [0.717, 1.165) is 25.9 Å². The van der Waals surface area contributed by atoms with Gasteiger partial charge in [-0.2, -0.15) is 5.26 Å². The summed E-state index contributed by atoms with van der Waals surface area (Å²) < 4.78 is 11.8. The molecule has 0 unspecified atom stereocenters. The van der Waals surface area contributed by atoms with Crippen molar-refractivity contribution in [2.75, 3.05) is 26.3 Å². The van der Waals surface area contributed by atoms with Gasteiger partial charge in [0.1, 0.15) is 0 Å². The number of piperidine rings is 1. The van der Waals surface area contributed by atoms with Crippen LogP contribution in [0.3, 0.4) is 0 Å². The summed E-state index contributed by atoms with van der Waals surface area (Å²) in [5.41, 5.74) is 0.476. The van der Waals surface area contributed by atoms with Crippen LogP contribution in [0.25, 0.3) is 0 Å². The molecule has 23 heavy (non-hydrogen) atoms. The molecule has 0 saturated carbocycles. The molecular weight excluding hydrogens is 360 g/mol. The Morgan fingerprint density at radius 2 is 2.09 bits per heavy atom. The normalized spacial score (nSPS) is 15.1. The third kappa shape index (κ3) is 4.61. The number of ether oxygens (including phenoxy) is 2. The molecule has 5 nitrogen and oxygen atoms in total. The summed E-state index contributed by atoms with van der Waals surface area (Å²) in [5, 5.41) is 9.03. The Morgan fingerprint density at radius 1 is 1.39 bits per heavy atom. The number of nitrogens with zero attached hydrogens (tertiary/aromatic N) is 2. The molecule has 1 amide bonds. The number of nitriles is 1. The van der Waals surface area contributed by atoms with Crippen molar-refractivity contribution < 1.29 is 14.3 Å². The topological polar surface area (TPSA) is 62.6 Å². The number of benzene rings is 1. The number of carbonyl (C=O) groups is 1. The molecule has 1 aromatic carbocycles. The number of halogens is 1. The largest absolute Gasteiger partial charge is 0.490 e. The van der Waals surface area contributed by atoms with E-state index in [4.69, 9.17) is 14.7 Å². The van der Waals surface area contributed by atoms with Gasteiger partial charge in [-0.25, -0.2) is 0 Å². The molecule has 1 saturated heterocycles. The van der Waals surface area contributed by atoms with Gasteiger partial charge in [-0.3, -0.25) is 4.79 Å². The van der Waals surface area contributed by atoms with Gasteiger partial charge in [0, 0.05) is 19.2 Å². The number of hydrogen-bond donors (Lipinski definition) is 0. The van der Waals surface area contributed by atoms with Crippen molar-refractivity contribution in [3.05, 3.63) is 22.2 Å². The van der Waals surface area contributed by atoms with Gasteiger partial charge in [0.05, 0.1) is 22.7 Å². The highest BCUT2D eigenvalue weighted by Gasteiger charge is 2.21. The van der Waals surface area contributed by atoms with Gasteiger partial charge in [0.2, 0.25) is 0 Å². The van der Waals surface area contributed by atoms with Crippen molar-refractivity contribution in [2.24, 2.45) is 5.92 Å². The minimum atomic E-state index is -0.0288. The first-order chi connectivity index (χ1) is 11.0. The van der Waals surface area contributed by atoms with Gasteiger partial charge in [-0.05, 0) is 47.7 Å². The standard InChI is InChI=1S/C17H21BrN2O3/c1-3-22-15-9-13(10-19)8-14(18)17(15)23-11-16(21)20-6-4-12(2)5-7-20/h8-9,12H,3-7,11H2,1-2H3. The van der Waals surface area contributed by atoms with Crippen LogP contribution in [0.15, 0.2) is 16.6 Å². The first-order valence-corrected chi connectivity index (χ1v) is 8.61. The molecule has 0 spiro atoms. The van der Waals surface area contributed by atoms with E-state index in [-0.39, 0.29) is 12.5 Å². The lowest BCUT2D eigenvalue weighted by Gasteiger charge is -2.30. The summed E-state index contributed by atoms with van der Waals surface area (Å²) in [6, 6.07) is 5.35. The van der Waals surface area contributed by atoms with E-state index >= 15 is 0 Å². The first kappa shape index (κ1) is 17.6. The Bertz CT molecular complexity index is 605. The van der Waals surface area contributed by atoms with E-state index in [1.807, 2.05) is 11.8 Å². The minimum Gasteiger partial charge on any atom is -0.490 e. The van der Waals surface area contributed by atoms with E-state index in [9.17, 15) is 4.79 Å². The molecule has 0 N–H and O–H groups in total. The smallest absolute Gasteiger partial charge is 0.260 e. The molecular formula is C17H21BrN2O3. The number of carbonyl (C=O) groups excluding carboxylic acids is 1. The second kappa shape index (κ2) is 8.21. The number of rotatable bonds is 5. The summed E-state index contributed by atoms with van der Waals surface area (Å²) >= 11 is 3.38. The van der Waals surface area contributed by atoms with E-state index in [1.165, 1.54) is 0 Å². The molecule has 0 radical (unpaired) electrons. The highest BCUT2D eigenvalue weighted by molar-refractivity contribution is 9.10. The van der Waals surface area contributed by atoms with E-state index in [2.05, 4.69) is 28.9 Å². The van der Waals surface area contributed by atoms with Crippen LogP contribution in [-0.2, 0) is 4.79 Å². The molecule has 0 aromatic heterocycles. The zero-order chi connectivity index (χ0) is 16.8. The molecule has 0 bridgehead atoms. The maximum absolute atomic E-state index is 12.3. The van der Waals surface area contributed by atoms with Crippen molar-refractivity contribution >= 4 is 21.8 Å². The van der Waals surface area contributed by atoms with Crippen LogP contribution in [-0.4, -0.2) is 37.1 Å². The van der Waals surface area contributed by atoms with Crippen molar-refractivity contribution in [2.45, 2.75) is 26.7 Å². The quantitative estimate of drug-likeness (QED) is 0.785. The van der Waals surface area contributed by atoms with Crippen LogP contribution < -0.4 is 9.47 Å². The maximum atomic E-state index is 12.3. The molecule has 0 atom stereocenters. The predicted molar refractivity (Wildman–Crippen MR) is 90.5 cm³/mol. The summed E-state index contributed by atoms with van der Waals surface area (Å²) in [4.78, 5) is 14.1. The molecule has 1 fully saturated rings. The van der Waals surface area contributed by atoms with E-state index < -0.39 is 0 Å². The summed E-state index contributed by atoms with van der Waals surface area (Å²) in [6.45, 7) is 6.07. The Labute approximate surface area is 145 Å². The fourth-order valence-corrected chi connectivity index (χ4v) is 3.08. The highest BCUT2D eigenvalue weighted by atomic mass is 79.9. The molecule has 6 heteroatoms. The average Bonchev–Trinajstić information content (AvgIpc) is 2.54. The monoisotopic (exact) mass is 380 g/mol. The van der Waals surface area contributed by atoms with E-state index in [0.29, 0.717) is 34.1 Å². The molecule has 1 aliphatic heterocycles.